The summed E-state index contributed by atoms with van der Waals surface area (Å²) in [4.78, 5) is 16.2. The average molecular weight is 276 g/mol. The Morgan fingerprint density at radius 3 is 2.70 bits per heavy atom. The number of fused-ring (bicyclic) bond motifs is 1. The van der Waals surface area contributed by atoms with E-state index in [1.807, 2.05) is 37.9 Å². The number of carbonyl (C=O) groups excluding carboxylic acids is 1. The molecule has 0 saturated heterocycles. The highest BCUT2D eigenvalue weighted by Crippen LogP contribution is 2.36. The predicted octanol–water partition coefficient (Wildman–Crippen LogP) is 2.18. The van der Waals surface area contributed by atoms with E-state index in [4.69, 9.17) is 0 Å². The zero-order chi connectivity index (χ0) is 14.7. The third-order valence-corrected chi connectivity index (χ3v) is 4.21. The predicted molar refractivity (Wildman–Crippen MR) is 79.7 cm³/mol. The van der Waals surface area contributed by atoms with Crippen LogP contribution in [0.4, 0.5) is 0 Å². The topological polar surface area (TPSA) is 43.8 Å². The van der Waals surface area contributed by atoms with Gasteiger partial charge in [0.25, 0.3) is 0 Å². The molecule has 20 heavy (non-hydrogen) atoms. The van der Waals surface area contributed by atoms with Gasteiger partial charge in [-0.25, -0.2) is 0 Å². The summed E-state index contributed by atoms with van der Waals surface area (Å²) in [6, 6.07) is 5.85. The van der Waals surface area contributed by atoms with Crippen molar-refractivity contribution < 1.29 is 9.90 Å². The molecule has 1 N–H and O–H groups in total. The molecule has 4 nitrogen and oxygen atoms in total. The minimum Gasteiger partial charge on any atom is -0.508 e. The highest BCUT2D eigenvalue weighted by atomic mass is 16.3. The molecule has 0 radical (unpaired) electrons. The van der Waals surface area contributed by atoms with E-state index < -0.39 is 0 Å². The highest BCUT2D eigenvalue weighted by molar-refractivity contribution is 5.78. The second kappa shape index (κ2) is 6.27. The van der Waals surface area contributed by atoms with Gasteiger partial charge >= 0.3 is 0 Å². The van der Waals surface area contributed by atoms with E-state index in [0.29, 0.717) is 12.3 Å². The number of amides is 1. The number of nitrogens with zero attached hydrogens (tertiary/aromatic N) is 2. The molecule has 1 amide bonds. The first-order valence-electron chi connectivity index (χ1n) is 7.36. The quantitative estimate of drug-likeness (QED) is 0.896. The van der Waals surface area contributed by atoms with Crippen LogP contribution in [0.2, 0.25) is 0 Å². The molecule has 0 saturated carbocycles. The van der Waals surface area contributed by atoms with E-state index in [1.54, 1.807) is 6.07 Å². The lowest BCUT2D eigenvalue weighted by molar-refractivity contribution is -0.132. The number of phenolic OH excluding ortho intramolecular Hbond substituents is 1. The van der Waals surface area contributed by atoms with E-state index in [-0.39, 0.29) is 11.9 Å². The molecule has 0 heterocycles. The lowest BCUT2D eigenvalue weighted by Gasteiger charge is -2.27. The third-order valence-electron chi connectivity index (χ3n) is 4.21. The maximum atomic E-state index is 12.2. The van der Waals surface area contributed by atoms with Crippen LogP contribution >= 0.6 is 0 Å². The van der Waals surface area contributed by atoms with Crippen molar-refractivity contribution in [2.24, 2.45) is 0 Å². The summed E-state index contributed by atoms with van der Waals surface area (Å²) in [6.45, 7) is 5.99. The molecule has 0 fully saturated rings. The van der Waals surface area contributed by atoms with Crippen molar-refractivity contribution in [3.05, 3.63) is 29.3 Å². The lowest BCUT2D eigenvalue weighted by Crippen LogP contribution is -2.39. The van der Waals surface area contributed by atoms with Crippen molar-refractivity contribution in [2.45, 2.75) is 32.7 Å². The first kappa shape index (κ1) is 14.9. The molecule has 1 unspecified atom stereocenters. The van der Waals surface area contributed by atoms with Gasteiger partial charge in [-0.1, -0.05) is 6.07 Å². The molecule has 4 heteroatoms. The Balaban J connectivity index is 2.05. The van der Waals surface area contributed by atoms with Crippen LogP contribution in [0.25, 0.3) is 0 Å². The molecule has 110 valence electrons. The Labute approximate surface area is 121 Å². The number of rotatable bonds is 5. The molecule has 0 aromatic heterocycles. The molecule has 1 aliphatic carbocycles. The van der Waals surface area contributed by atoms with Crippen molar-refractivity contribution in [3.8, 4) is 5.75 Å². The Kier molecular flexibility index (Phi) is 4.65. The Bertz CT molecular complexity index is 483. The number of phenols is 1. The van der Waals surface area contributed by atoms with Crippen molar-refractivity contribution in [3.63, 3.8) is 0 Å². The fourth-order valence-electron chi connectivity index (χ4n) is 3.04. The molecule has 1 aliphatic rings. The van der Waals surface area contributed by atoms with Crippen LogP contribution in [0.3, 0.4) is 0 Å². The van der Waals surface area contributed by atoms with Crippen LogP contribution in [0, 0.1) is 0 Å². The number of aryl methyl sites for hydroxylation is 1. The van der Waals surface area contributed by atoms with E-state index in [0.717, 1.165) is 25.9 Å². The van der Waals surface area contributed by atoms with Gasteiger partial charge in [0.2, 0.25) is 5.91 Å². The summed E-state index contributed by atoms with van der Waals surface area (Å²) in [7, 11) is 2.01. The number of aromatic hydroxyl groups is 1. The largest absolute Gasteiger partial charge is 0.508 e. The molecule has 1 aromatic rings. The maximum absolute atomic E-state index is 12.2. The summed E-state index contributed by atoms with van der Waals surface area (Å²) in [6.07, 6.45) is 1.99. The maximum Gasteiger partial charge on any atom is 0.236 e. The van der Waals surface area contributed by atoms with Crippen LogP contribution in [0.5, 0.6) is 5.75 Å². The third kappa shape index (κ3) is 2.96. The van der Waals surface area contributed by atoms with Crippen molar-refractivity contribution in [1.29, 1.82) is 0 Å². The van der Waals surface area contributed by atoms with Crippen LogP contribution in [0.1, 0.15) is 37.4 Å². The van der Waals surface area contributed by atoms with Crippen molar-refractivity contribution >= 4 is 5.91 Å². The first-order valence-corrected chi connectivity index (χ1v) is 7.36. The van der Waals surface area contributed by atoms with Gasteiger partial charge in [-0.2, -0.15) is 0 Å². The summed E-state index contributed by atoms with van der Waals surface area (Å²) < 4.78 is 0. The zero-order valence-electron chi connectivity index (χ0n) is 12.6. The number of likely N-dealkylation sites (N-methyl/N-ethyl adjacent to an activating group) is 2. The van der Waals surface area contributed by atoms with E-state index in [9.17, 15) is 9.90 Å². The molecule has 1 atom stereocenters. The van der Waals surface area contributed by atoms with Gasteiger partial charge in [-0.15, -0.1) is 0 Å². The van der Waals surface area contributed by atoms with Crippen LogP contribution < -0.4 is 0 Å². The summed E-state index contributed by atoms with van der Waals surface area (Å²) in [5.41, 5.74) is 2.45. The molecule has 0 aliphatic heterocycles. The first-order chi connectivity index (χ1) is 9.56. The second-order valence-electron chi connectivity index (χ2n) is 5.42. The number of hydrogen-bond donors (Lipinski definition) is 1. The normalized spacial score (nSPS) is 17.3. The smallest absolute Gasteiger partial charge is 0.236 e. The second-order valence-corrected chi connectivity index (χ2v) is 5.42. The monoisotopic (exact) mass is 276 g/mol. The SMILES string of the molecule is CCN(CC)C(=O)CN(C)C1CCc2cc(O)ccc21. The number of benzene rings is 1. The molecule has 0 bridgehead atoms. The van der Waals surface area contributed by atoms with Gasteiger partial charge in [-0.05, 0) is 57.0 Å². The average Bonchev–Trinajstić information content (AvgIpc) is 2.82. The van der Waals surface area contributed by atoms with Gasteiger partial charge in [0.15, 0.2) is 0 Å². The molecular formula is C16H24N2O2. The van der Waals surface area contributed by atoms with Crippen LogP contribution in [-0.2, 0) is 11.2 Å². The van der Waals surface area contributed by atoms with Gasteiger partial charge < -0.3 is 10.0 Å². The summed E-state index contributed by atoms with van der Waals surface area (Å²) in [5.74, 6) is 0.510. The summed E-state index contributed by atoms with van der Waals surface area (Å²) in [5, 5.41) is 9.53. The fourth-order valence-corrected chi connectivity index (χ4v) is 3.04. The fraction of sp³-hybridized carbons (Fsp3) is 0.562. The van der Waals surface area contributed by atoms with Gasteiger partial charge in [0.1, 0.15) is 5.75 Å². The standard InChI is InChI=1S/C16H24N2O2/c1-4-18(5-2)16(20)11-17(3)15-9-6-12-10-13(19)7-8-14(12)15/h7-8,10,15,19H,4-6,9,11H2,1-3H3. The minimum atomic E-state index is 0.185. The molecule has 0 spiro atoms. The zero-order valence-corrected chi connectivity index (χ0v) is 12.6. The van der Waals surface area contributed by atoms with Crippen molar-refractivity contribution in [1.82, 2.24) is 9.80 Å². The Morgan fingerprint density at radius 1 is 1.35 bits per heavy atom. The van der Waals surface area contributed by atoms with Gasteiger partial charge in [0.05, 0.1) is 6.54 Å². The highest BCUT2D eigenvalue weighted by Gasteiger charge is 2.27. The Morgan fingerprint density at radius 2 is 2.05 bits per heavy atom. The number of hydrogen-bond acceptors (Lipinski definition) is 3. The Hall–Kier alpha value is -1.55. The molecular weight excluding hydrogens is 252 g/mol. The van der Waals surface area contributed by atoms with E-state index in [2.05, 4.69) is 4.90 Å². The van der Waals surface area contributed by atoms with Gasteiger partial charge in [-0.3, -0.25) is 9.69 Å². The van der Waals surface area contributed by atoms with Crippen molar-refractivity contribution in [2.75, 3.05) is 26.7 Å². The minimum absolute atomic E-state index is 0.185. The molecule has 2 rings (SSSR count). The molecule has 1 aromatic carbocycles. The van der Waals surface area contributed by atoms with E-state index >= 15 is 0 Å². The number of carbonyl (C=O) groups is 1. The summed E-state index contributed by atoms with van der Waals surface area (Å²) >= 11 is 0. The van der Waals surface area contributed by atoms with E-state index in [1.165, 1.54) is 11.1 Å². The van der Waals surface area contributed by atoms with Crippen LogP contribution in [0.15, 0.2) is 18.2 Å². The lowest BCUT2D eigenvalue weighted by atomic mass is 10.1. The van der Waals surface area contributed by atoms with Gasteiger partial charge in [0, 0.05) is 19.1 Å². The van der Waals surface area contributed by atoms with Crippen LogP contribution in [-0.4, -0.2) is 47.5 Å².